The van der Waals surface area contributed by atoms with Crippen LogP contribution in [0.1, 0.15) is 11.1 Å². The van der Waals surface area contributed by atoms with E-state index in [9.17, 15) is 0 Å². The predicted molar refractivity (Wildman–Crippen MR) is 79.8 cm³/mol. The molecule has 0 heterocycles. The maximum Gasteiger partial charge on any atom is 0.118 e. The first-order chi connectivity index (χ1) is 9.26. The Hall–Kier alpha value is -1.81. The van der Waals surface area contributed by atoms with Crippen molar-refractivity contribution in [2.24, 2.45) is 5.16 Å². The zero-order chi connectivity index (χ0) is 13.7. The Bertz CT molecular complexity index is 579. The molecule has 0 amide bonds. The topological polar surface area (TPSA) is 30.8 Å². The van der Waals surface area contributed by atoms with Crippen LogP contribution in [0.5, 0.6) is 5.75 Å². The van der Waals surface area contributed by atoms with E-state index in [4.69, 9.17) is 9.57 Å². The van der Waals surface area contributed by atoms with Gasteiger partial charge in [-0.1, -0.05) is 39.3 Å². The molecule has 3 nitrogen and oxygen atoms in total. The van der Waals surface area contributed by atoms with Crippen molar-refractivity contribution >= 4 is 21.6 Å². The van der Waals surface area contributed by atoms with Crippen molar-refractivity contribution in [2.45, 2.75) is 0 Å². The Morgan fingerprint density at radius 3 is 2.26 bits per heavy atom. The van der Waals surface area contributed by atoms with Crippen molar-refractivity contribution in [3.8, 4) is 5.75 Å². The predicted octanol–water partition coefficient (Wildman–Crippen LogP) is 3.86. The highest BCUT2D eigenvalue weighted by atomic mass is 79.9. The van der Waals surface area contributed by atoms with Crippen LogP contribution in [0.3, 0.4) is 0 Å². The van der Waals surface area contributed by atoms with E-state index in [1.54, 1.807) is 14.2 Å². The summed E-state index contributed by atoms with van der Waals surface area (Å²) in [5.74, 6) is 0.813. The second kappa shape index (κ2) is 6.38. The van der Waals surface area contributed by atoms with E-state index < -0.39 is 0 Å². The lowest BCUT2D eigenvalue weighted by Crippen LogP contribution is -2.05. The molecule has 0 saturated heterocycles. The van der Waals surface area contributed by atoms with Crippen LogP contribution in [-0.2, 0) is 4.84 Å². The summed E-state index contributed by atoms with van der Waals surface area (Å²) in [4.78, 5) is 4.96. The van der Waals surface area contributed by atoms with Crippen LogP contribution < -0.4 is 4.74 Å². The number of hydrogen-bond donors (Lipinski definition) is 0. The summed E-state index contributed by atoms with van der Waals surface area (Å²) < 4.78 is 6.13. The molecular formula is C15H14BrNO2. The van der Waals surface area contributed by atoms with Crippen LogP contribution in [0.2, 0.25) is 0 Å². The lowest BCUT2D eigenvalue weighted by Gasteiger charge is -2.09. The van der Waals surface area contributed by atoms with E-state index in [2.05, 4.69) is 21.1 Å². The van der Waals surface area contributed by atoms with E-state index in [0.29, 0.717) is 0 Å². The summed E-state index contributed by atoms with van der Waals surface area (Å²) in [5, 5.41) is 4.13. The second-order valence-electron chi connectivity index (χ2n) is 3.83. The maximum atomic E-state index is 5.16. The van der Waals surface area contributed by atoms with E-state index >= 15 is 0 Å². The fraction of sp³-hybridized carbons (Fsp3) is 0.133. The van der Waals surface area contributed by atoms with Gasteiger partial charge in [-0.05, 0) is 30.3 Å². The zero-order valence-corrected chi connectivity index (χ0v) is 12.3. The minimum absolute atomic E-state index is 0.776. The highest BCUT2D eigenvalue weighted by molar-refractivity contribution is 9.10. The van der Waals surface area contributed by atoms with Crippen LogP contribution in [-0.4, -0.2) is 19.9 Å². The summed E-state index contributed by atoms with van der Waals surface area (Å²) in [6.45, 7) is 0. The third-order valence-corrected chi connectivity index (χ3v) is 3.37. The second-order valence-corrected chi connectivity index (χ2v) is 4.69. The van der Waals surface area contributed by atoms with Gasteiger partial charge in [-0.3, -0.25) is 0 Å². The van der Waals surface area contributed by atoms with Gasteiger partial charge in [0.05, 0.1) is 7.11 Å². The Morgan fingerprint density at radius 2 is 1.68 bits per heavy atom. The maximum absolute atomic E-state index is 5.16. The molecule has 0 aliphatic rings. The van der Waals surface area contributed by atoms with Crippen molar-refractivity contribution in [3.63, 3.8) is 0 Å². The molecule has 0 N–H and O–H groups in total. The molecule has 2 rings (SSSR count). The number of hydrogen-bond acceptors (Lipinski definition) is 3. The molecule has 4 heteroatoms. The molecule has 0 fully saturated rings. The van der Waals surface area contributed by atoms with Gasteiger partial charge in [0.15, 0.2) is 0 Å². The third kappa shape index (κ3) is 3.15. The molecule has 0 atom stereocenters. The Balaban J connectivity index is 2.46. The summed E-state index contributed by atoms with van der Waals surface area (Å²) in [6, 6.07) is 15.6. The first-order valence-electron chi connectivity index (χ1n) is 5.76. The number of benzene rings is 2. The molecule has 0 radical (unpaired) electrons. The minimum Gasteiger partial charge on any atom is -0.497 e. The number of halogens is 1. The van der Waals surface area contributed by atoms with Gasteiger partial charge in [0.25, 0.3) is 0 Å². The van der Waals surface area contributed by atoms with Crippen molar-refractivity contribution < 1.29 is 9.57 Å². The fourth-order valence-electron chi connectivity index (χ4n) is 1.75. The van der Waals surface area contributed by atoms with Crippen LogP contribution >= 0.6 is 15.9 Å². The van der Waals surface area contributed by atoms with E-state index in [-0.39, 0.29) is 0 Å². The average molecular weight is 320 g/mol. The highest BCUT2D eigenvalue weighted by Gasteiger charge is 2.11. The van der Waals surface area contributed by atoms with Crippen LogP contribution in [0, 0.1) is 0 Å². The summed E-state index contributed by atoms with van der Waals surface area (Å²) in [7, 11) is 3.19. The van der Waals surface area contributed by atoms with Gasteiger partial charge >= 0.3 is 0 Å². The van der Waals surface area contributed by atoms with Crippen molar-refractivity contribution in [2.75, 3.05) is 14.2 Å². The van der Waals surface area contributed by atoms with E-state index in [1.807, 2.05) is 48.5 Å². The molecule has 0 bridgehead atoms. The van der Waals surface area contributed by atoms with Crippen molar-refractivity contribution in [3.05, 3.63) is 64.1 Å². The Labute approximate surface area is 121 Å². The van der Waals surface area contributed by atoms with Gasteiger partial charge in [-0.15, -0.1) is 0 Å². The molecule has 0 aliphatic heterocycles. The minimum atomic E-state index is 0.776. The molecular weight excluding hydrogens is 306 g/mol. The van der Waals surface area contributed by atoms with E-state index in [0.717, 1.165) is 27.1 Å². The molecule has 0 aliphatic carbocycles. The first-order valence-corrected chi connectivity index (χ1v) is 6.56. The molecule has 0 spiro atoms. The SMILES string of the molecule is CO/N=C(/c1ccc(OC)cc1)c1ccccc1Br. The summed E-state index contributed by atoms with van der Waals surface area (Å²) >= 11 is 3.53. The van der Waals surface area contributed by atoms with Gasteiger partial charge < -0.3 is 9.57 Å². The Kier molecular flexibility index (Phi) is 4.58. The largest absolute Gasteiger partial charge is 0.497 e. The first kappa shape index (κ1) is 13.6. The molecule has 2 aromatic carbocycles. The molecule has 0 unspecified atom stereocenters. The zero-order valence-electron chi connectivity index (χ0n) is 10.8. The number of rotatable bonds is 4. The molecule has 98 valence electrons. The summed E-state index contributed by atoms with van der Waals surface area (Å²) in [6.07, 6.45) is 0. The van der Waals surface area contributed by atoms with Crippen LogP contribution in [0.4, 0.5) is 0 Å². The normalized spacial score (nSPS) is 11.2. The average Bonchev–Trinajstić information content (AvgIpc) is 2.46. The number of methoxy groups -OCH3 is 1. The van der Waals surface area contributed by atoms with Crippen molar-refractivity contribution in [1.82, 2.24) is 0 Å². The number of ether oxygens (including phenoxy) is 1. The van der Waals surface area contributed by atoms with Gasteiger partial charge in [-0.2, -0.15) is 0 Å². The lowest BCUT2D eigenvalue weighted by atomic mass is 10.0. The molecule has 0 saturated carbocycles. The van der Waals surface area contributed by atoms with Gasteiger partial charge in [0, 0.05) is 15.6 Å². The summed E-state index contributed by atoms with van der Waals surface area (Å²) in [5.41, 5.74) is 2.72. The van der Waals surface area contributed by atoms with Gasteiger partial charge in [-0.25, -0.2) is 0 Å². The molecule has 2 aromatic rings. The number of nitrogens with zero attached hydrogens (tertiary/aromatic N) is 1. The number of oxime groups is 1. The van der Waals surface area contributed by atoms with E-state index in [1.165, 1.54) is 0 Å². The fourth-order valence-corrected chi connectivity index (χ4v) is 2.22. The standard InChI is InChI=1S/C15H14BrNO2/c1-18-12-9-7-11(8-10-12)15(17-19-2)13-5-3-4-6-14(13)16/h3-10H,1-2H3/b17-15-. The quantitative estimate of drug-likeness (QED) is 0.633. The molecule has 19 heavy (non-hydrogen) atoms. The van der Waals surface area contributed by atoms with Crippen molar-refractivity contribution in [1.29, 1.82) is 0 Å². The lowest BCUT2D eigenvalue weighted by molar-refractivity contribution is 0.214. The molecule has 0 aromatic heterocycles. The Morgan fingerprint density at radius 1 is 1.00 bits per heavy atom. The van der Waals surface area contributed by atoms with Gasteiger partial charge in [0.2, 0.25) is 0 Å². The highest BCUT2D eigenvalue weighted by Crippen LogP contribution is 2.22. The monoisotopic (exact) mass is 319 g/mol. The smallest absolute Gasteiger partial charge is 0.118 e. The van der Waals surface area contributed by atoms with Crippen LogP contribution in [0.25, 0.3) is 0 Å². The van der Waals surface area contributed by atoms with Gasteiger partial charge in [0.1, 0.15) is 18.6 Å². The van der Waals surface area contributed by atoms with Crippen LogP contribution in [0.15, 0.2) is 58.2 Å². The third-order valence-electron chi connectivity index (χ3n) is 2.68.